The average Bonchev–Trinajstić information content (AvgIpc) is 1.89. The standard InChI is InChI=1S/2CBF2N.Li/c2*3-2(4)1-5;. The van der Waals surface area contributed by atoms with E-state index in [1.54, 1.807) is 0 Å². The maximum atomic E-state index is 10.4. The monoisotopic (exact) mass is 157 g/mol. The van der Waals surface area contributed by atoms with E-state index in [2.05, 4.69) is 0 Å². The first kappa shape index (κ1) is 16.8. The Kier molecular flexibility index (Phi) is 18.5. The second-order valence-electron chi connectivity index (χ2n) is 0.860. The van der Waals surface area contributed by atoms with E-state index in [0.717, 1.165) is 0 Å². The molecule has 1 radical (unpaired) electrons. The summed E-state index contributed by atoms with van der Waals surface area (Å²) in [6.45, 7) is 0. The van der Waals surface area contributed by atoms with Gasteiger partial charge in [0, 0.05) is 18.9 Å². The Morgan fingerprint density at radius 2 is 0.909 bits per heavy atom. The van der Waals surface area contributed by atoms with E-state index in [4.69, 9.17) is 10.5 Å². The summed E-state index contributed by atoms with van der Waals surface area (Å²) in [6, 6.07) is 0. The molecule has 11 heavy (non-hydrogen) atoms. The molecule has 0 aromatic rings. The van der Waals surface area contributed by atoms with Crippen LogP contribution in [0.15, 0.2) is 0 Å². The zero-order valence-electron chi connectivity index (χ0n) is 5.56. The molecule has 0 fully saturated rings. The van der Waals surface area contributed by atoms with Crippen molar-refractivity contribution in [2.24, 2.45) is 0 Å². The first-order chi connectivity index (χ1) is 4.54. The third-order valence-electron chi connectivity index (χ3n) is 0.195. The Hall–Kier alpha value is -0.573. The fraction of sp³-hybridized carbons (Fsp3) is 0. The van der Waals surface area contributed by atoms with Gasteiger partial charge in [-0.2, -0.15) is 0 Å². The summed E-state index contributed by atoms with van der Waals surface area (Å²) in [6.07, 6.45) is 0. The largest absolute Gasteiger partial charge is 0.655 e. The molecule has 0 aliphatic heterocycles. The van der Waals surface area contributed by atoms with Crippen LogP contribution in [0.3, 0.4) is 0 Å². The van der Waals surface area contributed by atoms with E-state index >= 15 is 0 Å². The Labute approximate surface area is 73.7 Å². The third kappa shape index (κ3) is 44.3. The fourth-order valence-corrected chi connectivity index (χ4v) is 0. The molecule has 0 saturated heterocycles. The third-order valence-corrected chi connectivity index (χ3v) is 0.195. The molecular formula is C2B2F4LiN2. The molecule has 0 aromatic carbocycles. The molecule has 0 aliphatic carbocycles. The molecule has 0 aromatic heterocycles. The van der Waals surface area contributed by atoms with Crippen molar-refractivity contribution < 1.29 is 17.3 Å². The number of halogens is 4. The molecule has 0 spiro atoms. The summed E-state index contributed by atoms with van der Waals surface area (Å²) < 4.78 is 41.6. The molecular weight excluding hydrogens is 157 g/mol. The first-order valence-corrected chi connectivity index (χ1v) is 1.90. The minimum Gasteiger partial charge on any atom is -0.272 e. The van der Waals surface area contributed by atoms with E-state index in [9.17, 15) is 17.3 Å². The Morgan fingerprint density at radius 1 is 0.818 bits per heavy atom. The van der Waals surface area contributed by atoms with Gasteiger partial charge in [0.15, 0.2) is 0 Å². The van der Waals surface area contributed by atoms with Crippen LogP contribution in [-0.2, 0) is 0 Å². The van der Waals surface area contributed by atoms with Gasteiger partial charge in [-0.05, 0) is 0 Å². The van der Waals surface area contributed by atoms with Gasteiger partial charge in [0.2, 0.25) is 0 Å². The molecule has 0 bridgehead atoms. The fourth-order valence-electron chi connectivity index (χ4n) is 0. The van der Waals surface area contributed by atoms with Gasteiger partial charge >= 0.3 is 14.5 Å². The molecule has 0 heterocycles. The van der Waals surface area contributed by atoms with Gasteiger partial charge in [-0.25, -0.2) is 10.5 Å². The Balaban J connectivity index is -0.000000107. The van der Waals surface area contributed by atoms with Gasteiger partial charge in [-0.1, -0.05) is 0 Å². The van der Waals surface area contributed by atoms with Crippen molar-refractivity contribution in [3.63, 3.8) is 0 Å². The topological polar surface area (TPSA) is 47.6 Å². The SMILES string of the molecule is N#CB(F)F.N#CB(F)F.[Li]. The van der Waals surface area contributed by atoms with Crippen LogP contribution in [0.2, 0.25) is 0 Å². The van der Waals surface area contributed by atoms with Crippen LogP contribution in [-0.4, -0.2) is 33.4 Å². The van der Waals surface area contributed by atoms with Crippen molar-refractivity contribution >= 4 is 33.4 Å². The number of nitrogens with zero attached hydrogens (tertiary/aromatic N) is 2. The van der Waals surface area contributed by atoms with Crippen molar-refractivity contribution in [1.29, 1.82) is 10.5 Å². The summed E-state index contributed by atoms with van der Waals surface area (Å²) in [5.41, 5.74) is 0. The molecule has 0 atom stereocenters. The normalized spacial score (nSPS) is 5.27. The summed E-state index contributed by atoms with van der Waals surface area (Å²) in [7, 11) is -5.62. The Morgan fingerprint density at radius 3 is 0.909 bits per heavy atom. The van der Waals surface area contributed by atoms with Crippen LogP contribution in [0.4, 0.5) is 17.3 Å². The number of hydrogen-bond acceptors (Lipinski definition) is 2. The number of rotatable bonds is 0. The molecule has 0 rings (SSSR count). The molecule has 0 aliphatic rings. The van der Waals surface area contributed by atoms with Gasteiger partial charge in [-0.15, -0.1) is 0 Å². The van der Waals surface area contributed by atoms with Crippen molar-refractivity contribution in [3.8, 4) is 11.9 Å². The van der Waals surface area contributed by atoms with Crippen molar-refractivity contribution in [1.82, 2.24) is 0 Å². The van der Waals surface area contributed by atoms with Crippen LogP contribution < -0.4 is 0 Å². The second-order valence-corrected chi connectivity index (χ2v) is 0.860. The van der Waals surface area contributed by atoms with Gasteiger partial charge in [0.05, 0.1) is 11.9 Å². The molecule has 0 amide bonds. The molecule has 0 N–H and O–H groups in total. The van der Waals surface area contributed by atoms with E-state index in [1.165, 1.54) is 0 Å². The van der Waals surface area contributed by atoms with Gasteiger partial charge in [0.1, 0.15) is 0 Å². The predicted molar refractivity (Wildman–Crippen MR) is 32.9 cm³/mol. The minimum absolute atomic E-state index is 0. The minimum atomic E-state index is -2.81. The van der Waals surface area contributed by atoms with E-state index in [1.807, 2.05) is 0 Å². The summed E-state index contributed by atoms with van der Waals surface area (Å²) in [5.74, 6) is 1.39. The van der Waals surface area contributed by atoms with Gasteiger partial charge < -0.3 is 0 Å². The summed E-state index contributed by atoms with van der Waals surface area (Å²) >= 11 is 0. The van der Waals surface area contributed by atoms with Crippen LogP contribution >= 0.6 is 0 Å². The van der Waals surface area contributed by atoms with Gasteiger partial charge in [0.25, 0.3) is 0 Å². The predicted octanol–water partition coefficient (Wildman–Crippen LogP) is 0.572. The zero-order valence-corrected chi connectivity index (χ0v) is 5.56. The summed E-state index contributed by atoms with van der Waals surface area (Å²) in [4.78, 5) is 0. The quantitative estimate of drug-likeness (QED) is 0.380. The maximum absolute atomic E-state index is 10.4. The van der Waals surface area contributed by atoms with Gasteiger partial charge in [-0.3, -0.25) is 17.3 Å². The van der Waals surface area contributed by atoms with Crippen LogP contribution in [0, 0.1) is 22.5 Å². The van der Waals surface area contributed by atoms with E-state index in [-0.39, 0.29) is 18.9 Å². The van der Waals surface area contributed by atoms with Crippen molar-refractivity contribution in [3.05, 3.63) is 0 Å². The van der Waals surface area contributed by atoms with Crippen LogP contribution in [0.1, 0.15) is 0 Å². The van der Waals surface area contributed by atoms with Crippen LogP contribution in [0.5, 0.6) is 0 Å². The van der Waals surface area contributed by atoms with Crippen LogP contribution in [0.25, 0.3) is 0 Å². The van der Waals surface area contributed by atoms with E-state index < -0.39 is 14.5 Å². The second kappa shape index (κ2) is 12.1. The molecule has 9 heteroatoms. The Bertz CT molecular complexity index is 133. The van der Waals surface area contributed by atoms with Crippen molar-refractivity contribution in [2.75, 3.05) is 0 Å². The molecule has 0 unspecified atom stereocenters. The first-order valence-electron chi connectivity index (χ1n) is 1.90. The maximum Gasteiger partial charge on any atom is 0.655 e. The zero-order chi connectivity index (χ0) is 8.57. The van der Waals surface area contributed by atoms with Crippen molar-refractivity contribution in [2.45, 2.75) is 0 Å². The molecule has 2 nitrogen and oxygen atoms in total. The molecule has 53 valence electrons. The number of hydrogen-bond donors (Lipinski definition) is 0. The number of nitriles is 2. The molecule has 0 saturated carbocycles. The summed E-state index contributed by atoms with van der Waals surface area (Å²) in [5, 5.41) is 14.3. The smallest absolute Gasteiger partial charge is 0.272 e. The average molecular weight is 157 g/mol. The van der Waals surface area contributed by atoms with E-state index in [0.29, 0.717) is 11.9 Å².